The topological polar surface area (TPSA) is 61.8 Å². The van der Waals surface area contributed by atoms with Gasteiger partial charge >= 0.3 is 0 Å². The third-order valence-corrected chi connectivity index (χ3v) is 7.77. The number of nitrogens with one attached hydrogen (secondary N) is 1. The second kappa shape index (κ2) is 7.35. The molecule has 0 radical (unpaired) electrons. The van der Waals surface area contributed by atoms with Crippen LogP contribution < -0.4 is 10.1 Å². The van der Waals surface area contributed by atoms with Crippen molar-refractivity contribution in [2.75, 3.05) is 26.2 Å². The molecule has 6 rings (SSSR count). The smallest absolute Gasteiger partial charge is 0.257 e. The van der Waals surface area contributed by atoms with E-state index in [1.54, 1.807) is 0 Å². The molecule has 0 bridgehead atoms. The summed E-state index contributed by atoms with van der Waals surface area (Å²) in [5.41, 5.74) is 2.06. The van der Waals surface area contributed by atoms with Gasteiger partial charge in [0.1, 0.15) is 5.75 Å². The molecule has 2 saturated carbocycles. The van der Waals surface area contributed by atoms with Crippen LogP contribution in [0.3, 0.4) is 0 Å². The lowest BCUT2D eigenvalue weighted by Gasteiger charge is -2.28. The van der Waals surface area contributed by atoms with Crippen LogP contribution in [0.1, 0.15) is 29.5 Å². The highest BCUT2D eigenvalue weighted by Crippen LogP contribution is 2.49. The predicted octanol–water partition coefficient (Wildman–Crippen LogP) is 2.51. The van der Waals surface area contributed by atoms with Gasteiger partial charge in [-0.1, -0.05) is 42.5 Å². The van der Waals surface area contributed by atoms with Crippen molar-refractivity contribution in [2.45, 2.75) is 37.3 Å². The van der Waals surface area contributed by atoms with Crippen molar-refractivity contribution in [3.63, 3.8) is 0 Å². The van der Waals surface area contributed by atoms with E-state index >= 15 is 0 Å². The molecule has 162 valence electrons. The normalized spacial score (nSPS) is 28.4. The maximum atomic E-state index is 13.1. The Bertz CT molecular complexity index is 977. The first-order valence-electron chi connectivity index (χ1n) is 11.7. The predicted molar refractivity (Wildman–Crippen MR) is 118 cm³/mol. The minimum Gasteiger partial charge on any atom is -0.493 e. The molecule has 4 aliphatic rings. The molecular weight excluding hydrogens is 388 g/mol. The highest BCUT2D eigenvalue weighted by atomic mass is 16.5. The minimum atomic E-state index is -1.38. The molecule has 0 aromatic heterocycles. The molecule has 3 fully saturated rings. The number of likely N-dealkylation sites (tertiary alicyclic amines) is 1. The molecule has 5 heteroatoms. The zero-order valence-corrected chi connectivity index (χ0v) is 17.8. The molecule has 2 heterocycles. The van der Waals surface area contributed by atoms with Gasteiger partial charge in [0.15, 0.2) is 5.60 Å². The summed E-state index contributed by atoms with van der Waals surface area (Å²) in [7, 11) is 0. The minimum absolute atomic E-state index is 0.0442. The molecule has 2 aliphatic carbocycles. The van der Waals surface area contributed by atoms with E-state index in [1.807, 2.05) is 30.3 Å². The van der Waals surface area contributed by atoms with Gasteiger partial charge in [0.25, 0.3) is 5.91 Å². The standard InChI is InChI=1S/C26H30N2O3/c29-25(26(30,20-7-8-20)19-4-2-1-3-5-19)27-24-21-15-28(16-22(21)24)12-10-17-6-9-23-18(14-17)11-13-31-23/h1-6,9,14,20-22,24,30H,7-8,10-13,15-16H2,(H,27,29)/t21-,22?,24?,26?/m0/s1. The van der Waals surface area contributed by atoms with Gasteiger partial charge in [-0.2, -0.15) is 0 Å². The fourth-order valence-corrected chi connectivity index (χ4v) is 5.70. The fourth-order valence-electron chi connectivity index (χ4n) is 5.70. The average molecular weight is 419 g/mol. The number of aliphatic hydroxyl groups is 1. The second-order valence-electron chi connectivity index (χ2n) is 9.78. The van der Waals surface area contributed by atoms with Crippen LogP contribution in [0.15, 0.2) is 48.5 Å². The summed E-state index contributed by atoms with van der Waals surface area (Å²) in [4.78, 5) is 15.6. The zero-order chi connectivity index (χ0) is 21.0. The molecule has 0 spiro atoms. The molecule has 31 heavy (non-hydrogen) atoms. The fraction of sp³-hybridized carbons (Fsp3) is 0.500. The Morgan fingerprint density at radius 3 is 2.65 bits per heavy atom. The van der Waals surface area contributed by atoms with Gasteiger partial charge in [0.2, 0.25) is 0 Å². The number of amides is 1. The molecule has 1 saturated heterocycles. The Balaban J connectivity index is 1.03. The maximum absolute atomic E-state index is 13.1. The highest BCUT2D eigenvalue weighted by molar-refractivity contribution is 5.87. The Morgan fingerprint density at radius 1 is 1.13 bits per heavy atom. The molecule has 1 amide bonds. The van der Waals surface area contributed by atoms with Crippen molar-refractivity contribution in [1.29, 1.82) is 0 Å². The van der Waals surface area contributed by atoms with Gasteiger partial charge in [-0.25, -0.2) is 0 Å². The van der Waals surface area contributed by atoms with Crippen LogP contribution in [0.5, 0.6) is 5.75 Å². The van der Waals surface area contributed by atoms with E-state index in [0.29, 0.717) is 11.8 Å². The summed E-state index contributed by atoms with van der Waals surface area (Å²) in [6, 6.07) is 16.3. The van der Waals surface area contributed by atoms with E-state index in [4.69, 9.17) is 4.74 Å². The highest BCUT2D eigenvalue weighted by Gasteiger charge is 2.59. The van der Waals surface area contributed by atoms with Crippen molar-refractivity contribution < 1.29 is 14.6 Å². The summed E-state index contributed by atoms with van der Waals surface area (Å²) in [5, 5.41) is 14.5. The van der Waals surface area contributed by atoms with Gasteiger partial charge in [0.05, 0.1) is 6.61 Å². The van der Waals surface area contributed by atoms with Crippen LogP contribution in [0, 0.1) is 17.8 Å². The number of ether oxygens (including phenoxy) is 1. The van der Waals surface area contributed by atoms with Crippen molar-refractivity contribution in [3.05, 3.63) is 65.2 Å². The van der Waals surface area contributed by atoms with Crippen molar-refractivity contribution in [2.24, 2.45) is 17.8 Å². The number of carbonyl (C=O) groups excluding carboxylic acids is 1. The Hall–Kier alpha value is -2.37. The van der Waals surface area contributed by atoms with E-state index < -0.39 is 5.60 Å². The summed E-state index contributed by atoms with van der Waals surface area (Å²) in [6.45, 7) is 3.94. The monoisotopic (exact) mass is 418 g/mol. The van der Waals surface area contributed by atoms with Crippen LogP contribution in [0.25, 0.3) is 0 Å². The van der Waals surface area contributed by atoms with Crippen LogP contribution >= 0.6 is 0 Å². The first kappa shape index (κ1) is 19.3. The van der Waals surface area contributed by atoms with E-state index in [0.717, 1.165) is 63.2 Å². The number of fused-ring (bicyclic) bond motifs is 2. The molecule has 2 aromatic rings. The average Bonchev–Trinajstić information content (AvgIpc) is 3.64. The summed E-state index contributed by atoms with van der Waals surface area (Å²) < 4.78 is 5.60. The number of rotatable bonds is 7. The Labute approximate surface area is 183 Å². The second-order valence-corrected chi connectivity index (χ2v) is 9.78. The van der Waals surface area contributed by atoms with Crippen molar-refractivity contribution in [3.8, 4) is 5.75 Å². The molecule has 3 unspecified atom stereocenters. The molecular formula is C26H30N2O3. The van der Waals surface area contributed by atoms with Crippen molar-refractivity contribution in [1.82, 2.24) is 10.2 Å². The van der Waals surface area contributed by atoms with Gasteiger partial charge in [-0.05, 0) is 53.9 Å². The Morgan fingerprint density at radius 2 is 1.90 bits per heavy atom. The van der Waals surface area contributed by atoms with Gasteiger partial charge in [-0.15, -0.1) is 0 Å². The van der Waals surface area contributed by atoms with E-state index in [-0.39, 0.29) is 17.9 Å². The SMILES string of the molecule is O=C(NC1C2CN(CCc3ccc4c(c3)CCO4)C[C@@H]21)C(O)(c1ccccc1)C1CC1. The molecule has 4 atom stereocenters. The summed E-state index contributed by atoms with van der Waals surface area (Å²) in [6.07, 6.45) is 3.91. The molecule has 5 nitrogen and oxygen atoms in total. The largest absolute Gasteiger partial charge is 0.493 e. The lowest BCUT2D eigenvalue weighted by molar-refractivity contribution is -0.143. The lowest BCUT2D eigenvalue weighted by Crippen LogP contribution is -2.48. The van der Waals surface area contributed by atoms with E-state index in [2.05, 4.69) is 28.4 Å². The van der Waals surface area contributed by atoms with Crippen molar-refractivity contribution >= 4 is 5.91 Å². The van der Waals surface area contributed by atoms with E-state index in [1.165, 1.54) is 11.1 Å². The van der Waals surface area contributed by atoms with Crippen LogP contribution in [0.2, 0.25) is 0 Å². The first-order valence-corrected chi connectivity index (χ1v) is 11.7. The number of nitrogens with zero attached hydrogens (tertiary/aromatic N) is 1. The molecule has 2 aliphatic heterocycles. The van der Waals surface area contributed by atoms with E-state index in [9.17, 15) is 9.90 Å². The van der Waals surface area contributed by atoms with Crippen LogP contribution in [-0.4, -0.2) is 48.2 Å². The van der Waals surface area contributed by atoms with Crippen LogP contribution in [0.4, 0.5) is 0 Å². The molecule has 2 aromatic carbocycles. The summed E-state index contributed by atoms with van der Waals surface area (Å²) in [5.74, 6) is 1.94. The lowest BCUT2D eigenvalue weighted by atomic mass is 9.87. The number of benzene rings is 2. The van der Waals surface area contributed by atoms with Gasteiger partial charge in [-0.3, -0.25) is 4.79 Å². The number of hydrogen-bond acceptors (Lipinski definition) is 4. The number of hydrogen-bond donors (Lipinski definition) is 2. The molecule has 2 N–H and O–H groups in total. The van der Waals surface area contributed by atoms with Crippen LogP contribution in [-0.2, 0) is 23.2 Å². The van der Waals surface area contributed by atoms with Gasteiger partial charge in [0, 0.05) is 38.0 Å². The Kier molecular flexibility index (Phi) is 4.58. The third kappa shape index (κ3) is 3.44. The number of carbonyl (C=O) groups is 1. The first-order chi connectivity index (χ1) is 15.1. The van der Waals surface area contributed by atoms with Gasteiger partial charge < -0.3 is 20.1 Å². The quantitative estimate of drug-likeness (QED) is 0.725. The zero-order valence-electron chi connectivity index (χ0n) is 17.8. The third-order valence-electron chi connectivity index (χ3n) is 7.77. The maximum Gasteiger partial charge on any atom is 0.257 e. The summed E-state index contributed by atoms with van der Waals surface area (Å²) >= 11 is 0. The number of piperidine rings is 1.